The van der Waals surface area contributed by atoms with E-state index in [1.165, 1.54) is 41.9 Å². The van der Waals surface area contributed by atoms with Crippen molar-refractivity contribution in [2.24, 2.45) is 0 Å². The number of hydrogen-bond acceptors (Lipinski definition) is 9. The highest BCUT2D eigenvalue weighted by molar-refractivity contribution is 7.99. The number of nitro benzene ring substituents is 1. The van der Waals surface area contributed by atoms with Gasteiger partial charge in [-0.3, -0.25) is 19.5 Å². The smallest absolute Gasteiger partial charge is 0.271 e. The van der Waals surface area contributed by atoms with Gasteiger partial charge in [-0.05, 0) is 29.8 Å². The van der Waals surface area contributed by atoms with E-state index in [4.69, 9.17) is 4.98 Å². The molecule has 3 heterocycles. The van der Waals surface area contributed by atoms with Crippen LogP contribution < -0.4 is 5.56 Å². The number of aromatic amines is 1. The maximum absolute atomic E-state index is 12.8. The lowest BCUT2D eigenvalue weighted by Crippen LogP contribution is -2.22. The number of nitrogens with one attached hydrogen (secondary N) is 1. The summed E-state index contributed by atoms with van der Waals surface area (Å²) >= 11 is 2.75. The first-order valence-electron chi connectivity index (χ1n) is 10.8. The third-order valence-corrected chi connectivity index (χ3v) is 7.02. The van der Waals surface area contributed by atoms with E-state index in [-0.39, 0.29) is 11.2 Å². The maximum atomic E-state index is 12.8. The number of thioether (sulfide) groups is 1. The number of H-pyrrole nitrogens is 1. The largest absolute Gasteiger partial charge is 0.332 e. The Hall–Kier alpha value is -3.77. The summed E-state index contributed by atoms with van der Waals surface area (Å²) in [5, 5.41) is 12.7. The first kappa shape index (κ1) is 23.0. The zero-order chi connectivity index (χ0) is 24.4. The quantitative estimate of drug-likeness (QED) is 0.105. The Morgan fingerprint density at radius 3 is 2.71 bits per heavy atom. The standard InChI is InChI=1S/C23H19N7O3S2/c1-2-10-34-22-27-20-19(24-12-18(31)29(20)13-14-6-4-3-5-7-14)21(28-22)35-23-25-16-9-8-15(30(32)33)11-17(16)26-23/h3-9,11-12H,2,10,13H2,1H3,(H,25,26). The van der Waals surface area contributed by atoms with Gasteiger partial charge in [0.25, 0.3) is 11.2 Å². The van der Waals surface area contributed by atoms with Crippen molar-refractivity contribution in [2.75, 3.05) is 5.75 Å². The zero-order valence-electron chi connectivity index (χ0n) is 18.5. The second kappa shape index (κ2) is 9.84. The summed E-state index contributed by atoms with van der Waals surface area (Å²) in [5.74, 6) is 0.826. The topological polar surface area (TPSA) is 132 Å². The summed E-state index contributed by atoms with van der Waals surface area (Å²) < 4.78 is 1.60. The van der Waals surface area contributed by atoms with Gasteiger partial charge < -0.3 is 4.98 Å². The van der Waals surface area contributed by atoms with E-state index in [2.05, 4.69) is 26.9 Å². The molecule has 5 rings (SSSR count). The molecule has 0 saturated carbocycles. The van der Waals surface area contributed by atoms with Crippen LogP contribution in [0.3, 0.4) is 0 Å². The molecule has 0 fully saturated rings. The summed E-state index contributed by atoms with van der Waals surface area (Å²) in [6.45, 7) is 2.43. The molecule has 12 heteroatoms. The minimum atomic E-state index is -0.446. The summed E-state index contributed by atoms with van der Waals surface area (Å²) in [6, 6.07) is 14.2. The van der Waals surface area contributed by atoms with Gasteiger partial charge in [0, 0.05) is 17.9 Å². The Morgan fingerprint density at radius 1 is 1.11 bits per heavy atom. The normalized spacial score (nSPS) is 11.3. The molecule has 0 aliphatic rings. The fourth-order valence-electron chi connectivity index (χ4n) is 3.47. The first-order chi connectivity index (χ1) is 17.0. The van der Waals surface area contributed by atoms with Crippen molar-refractivity contribution in [3.05, 3.63) is 80.8 Å². The minimum absolute atomic E-state index is 0.0185. The molecule has 1 N–H and O–H groups in total. The highest BCUT2D eigenvalue weighted by atomic mass is 32.2. The van der Waals surface area contributed by atoms with Gasteiger partial charge in [-0.2, -0.15) is 0 Å². The molecular formula is C23H19N7O3S2. The summed E-state index contributed by atoms with van der Waals surface area (Å²) in [7, 11) is 0. The van der Waals surface area contributed by atoms with Crippen molar-refractivity contribution >= 4 is 51.4 Å². The number of nitrogens with zero attached hydrogens (tertiary/aromatic N) is 6. The lowest BCUT2D eigenvalue weighted by molar-refractivity contribution is -0.384. The van der Waals surface area contributed by atoms with Gasteiger partial charge in [-0.1, -0.05) is 49.0 Å². The molecular weight excluding hydrogens is 486 g/mol. The van der Waals surface area contributed by atoms with Gasteiger partial charge in [-0.15, -0.1) is 0 Å². The molecule has 0 atom stereocenters. The zero-order valence-corrected chi connectivity index (χ0v) is 20.2. The lowest BCUT2D eigenvalue weighted by Gasteiger charge is -2.12. The maximum Gasteiger partial charge on any atom is 0.271 e. The van der Waals surface area contributed by atoms with Crippen LogP contribution in [0.15, 0.2) is 74.9 Å². The second-order valence-corrected chi connectivity index (χ2v) is 9.64. The number of imidazole rings is 1. The van der Waals surface area contributed by atoms with Crippen LogP contribution in [0.1, 0.15) is 18.9 Å². The molecule has 2 aromatic carbocycles. The highest BCUT2D eigenvalue weighted by Gasteiger charge is 2.18. The fraction of sp³-hybridized carbons (Fsp3) is 0.174. The average molecular weight is 506 g/mol. The molecule has 3 aromatic heterocycles. The van der Waals surface area contributed by atoms with E-state index in [9.17, 15) is 14.9 Å². The van der Waals surface area contributed by atoms with Gasteiger partial charge >= 0.3 is 0 Å². The van der Waals surface area contributed by atoms with Crippen molar-refractivity contribution in [1.82, 2.24) is 29.5 Å². The number of rotatable bonds is 8. The molecule has 0 aliphatic heterocycles. The van der Waals surface area contributed by atoms with Crippen LogP contribution in [0.25, 0.3) is 22.2 Å². The van der Waals surface area contributed by atoms with E-state index in [1.807, 2.05) is 30.3 Å². The summed E-state index contributed by atoms with van der Waals surface area (Å²) in [6.07, 6.45) is 2.22. The van der Waals surface area contributed by atoms with Crippen molar-refractivity contribution in [3.63, 3.8) is 0 Å². The van der Waals surface area contributed by atoms with Crippen LogP contribution in [0.2, 0.25) is 0 Å². The molecule has 0 amide bonds. The Balaban J connectivity index is 1.61. The van der Waals surface area contributed by atoms with Crippen LogP contribution in [0, 0.1) is 10.1 Å². The number of fused-ring (bicyclic) bond motifs is 2. The van der Waals surface area contributed by atoms with Crippen LogP contribution >= 0.6 is 23.5 Å². The molecule has 0 radical (unpaired) electrons. The van der Waals surface area contributed by atoms with Crippen LogP contribution in [0.4, 0.5) is 5.69 Å². The Labute approximate surface area is 207 Å². The third kappa shape index (κ3) is 4.88. The molecule has 0 unspecified atom stereocenters. The molecule has 0 spiro atoms. The van der Waals surface area contributed by atoms with Crippen molar-refractivity contribution in [2.45, 2.75) is 35.2 Å². The minimum Gasteiger partial charge on any atom is -0.332 e. The molecule has 10 nitrogen and oxygen atoms in total. The Kier molecular flexibility index (Phi) is 6.47. The van der Waals surface area contributed by atoms with E-state index in [0.717, 1.165) is 17.7 Å². The molecule has 0 saturated heterocycles. The van der Waals surface area contributed by atoms with E-state index < -0.39 is 4.92 Å². The Bertz CT molecular complexity index is 1600. The molecule has 0 bridgehead atoms. The van der Waals surface area contributed by atoms with Crippen LogP contribution in [-0.4, -0.2) is 40.2 Å². The fourth-order valence-corrected chi connectivity index (χ4v) is 5.09. The summed E-state index contributed by atoms with van der Waals surface area (Å²) in [4.78, 5) is 44.9. The van der Waals surface area contributed by atoms with Crippen molar-refractivity contribution in [1.29, 1.82) is 0 Å². The first-order valence-corrected chi connectivity index (χ1v) is 12.6. The molecule has 0 aliphatic carbocycles. The second-order valence-electron chi connectivity index (χ2n) is 7.60. The monoisotopic (exact) mass is 505 g/mol. The number of hydrogen-bond donors (Lipinski definition) is 1. The predicted octanol–water partition coefficient (Wildman–Crippen LogP) is 4.67. The van der Waals surface area contributed by atoms with Gasteiger partial charge in [0.15, 0.2) is 16.0 Å². The van der Waals surface area contributed by atoms with Gasteiger partial charge in [-0.25, -0.2) is 19.9 Å². The predicted molar refractivity (Wildman–Crippen MR) is 135 cm³/mol. The highest BCUT2D eigenvalue weighted by Crippen LogP contribution is 2.32. The lowest BCUT2D eigenvalue weighted by atomic mass is 10.2. The number of aromatic nitrogens is 6. The SMILES string of the molecule is CCCSc1nc(Sc2nc3ccc([N+](=O)[O-])cc3[nH]2)c2ncc(=O)n(Cc3ccccc3)c2n1. The van der Waals surface area contributed by atoms with Gasteiger partial charge in [0.2, 0.25) is 0 Å². The van der Waals surface area contributed by atoms with Crippen LogP contribution in [0.5, 0.6) is 0 Å². The van der Waals surface area contributed by atoms with Gasteiger partial charge in [0.1, 0.15) is 10.5 Å². The number of non-ortho nitro benzene ring substituents is 1. The Morgan fingerprint density at radius 2 is 1.94 bits per heavy atom. The molecule has 35 heavy (non-hydrogen) atoms. The number of nitro groups is 1. The van der Waals surface area contributed by atoms with E-state index in [1.54, 1.807) is 10.6 Å². The van der Waals surface area contributed by atoms with Crippen molar-refractivity contribution in [3.8, 4) is 0 Å². The molecule has 176 valence electrons. The number of benzene rings is 2. The molecule has 5 aromatic rings. The van der Waals surface area contributed by atoms with E-state index in [0.29, 0.717) is 44.1 Å². The third-order valence-electron chi connectivity index (χ3n) is 5.11. The summed E-state index contributed by atoms with van der Waals surface area (Å²) in [5.41, 5.74) is 2.78. The van der Waals surface area contributed by atoms with Crippen LogP contribution in [-0.2, 0) is 6.54 Å². The van der Waals surface area contributed by atoms with E-state index >= 15 is 0 Å². The average Bonchev–Trinajstić information content (AvgIpc) is 3.26. The van der Waals surface area contributed by atoms with Crippen molar-refractivity contribution < 1.29 is 4.92 Å². The van der Waals surface area contributed by atoms with Gasteiger partial charge in [0.05, 0.1) is 28.7 Å².